The van der Waals surface area contributed by atoms with Crippen LogP contribution in [-0.4, -0.2) is 33.7 Å². The number of likely N-dealkylation sites (tertiary alicyclic amines) is 1. The molecule has 0 bridgehead atoms. The second-order valence-electron chi connectivity index (χ2n) is 5.80. The summed E-state index contributed by atoms with van der Waals surface area (Å²) in [5, 5.41) is 19.1. The first-order valence-electron chi connectivity index (χ1n) is 7.44. The van der Waals surface area contributed by atoms with Gasteiger partial charge in [0.1, 0.15) is 18.2 Å². The van der Waals surface area contributed by atoms with Crippen LogP contribution in [0.15, 0.2) is 34.7 Å². The Balaban J connectivity index is 1.92. The van der Waals surface area contributed by atoms with E-state index >= 15 is 0 Å². The molecule has 1 aromatic heterocycles. The zero-order valence-electron chi connectivity index (χ0n) is 12.7. The zero-order valence-corrected chi connectivity index (χ0v) is 12.7. The number of carbonyl (C=O) groups excluding carboxylic acids is 1. The van der Waals surface area contributed by atoms with Gasteiger partial charge in [0.05, 0.1) is 12.1 Å². The van der Waals surface area contributed by atoms with Gasteiger partial charge in [0, 0.05) is 12.1 Å². The monoisotopic (exact) mass is 319 g/mol. The lowest BCUT2D eigenvalue weighted by Gasteiger charge is -2.24. The fourth-order valence-electron chi connectivity index (χ4n) is 3.04. The topological polar surface area (TPSA) is 73.9 Å². The maximum absolute atomic E-state index is 13.5. The lowest BCUT2D eigenvalue weighted by Crippen LogP contribution is -2.32. The van der Waals surface area contributed by atoms with E-state index in [1.807, 2.05) is 0 Å². The molecule has 6 heteroatoms. The van der Waals surface area contributed by atoms with Crippen LogP contribution in [0.2, 0.25) is 0 Å². The highest BCUT2D eigenvalue weighted by molar-refractivity contribution is 5.93. The summed E-state index contributed by atoms with van der Waals surface area (Å²) in [6.07, 6.45) is -0.318. The van der Waals surface area contributed by atoms with Gasteiger partial charge in [-0.25, -0.2) is 4.39 Å². The van der Waals surface area contributed by atoms with Crippen LogP contribution in [0.1, 0.15) is 39.9 Å². The molecule has 1 saturated heterocycles. The van der Waals surface area contributed by atoms with Crippen LogP contribution in [0, 0.1) is 12.7 Å². The third-order valence-corrected chi connectivity index (χ3v) is 4.09. The predicted molar refractivity (Wildman–Crippen MR) is 80.2 cm³/mol. The molecule has 2 heterocycles. The zero-order chi connectivity index (χ0) is 16.6. The number of carbonyl (C=O) groups is 1. The van der Waals surface area contributed by atoms with Gasteiger partial charge in [-0.15, -0.1) is 0 Å². The van der Waals surface area contributed by atoms with E-state index in [1.54, 1.807) is 25.1 Å². The minimum absolute atomic E-state index is 0.143. The molecule has 122 valence electrons. The van der Waals surface area contributed by atoms with Crippen LogP contribution in [0.4, 0.5) is 4.39 Å². The highest BCUT2D eigenvalue weighted by Crippen LogP contribution is 2.34. The first kappa shape index (κ1) is 15.7. The predicted octanol–water partition coefficient (Wildman–Crippen LogP) is 2.17. The quantitative estimate of drug-likeness (QED) is 0.909. The molecular weight excluding hydrogens is 301 g/mol. The lowest BCUT2D eigenvalue weighted by atomic mass is 10.0. The highest BCUT2D eigenvalue weighted by Gasteiger charge is 2.37. The number of aliphatic hydroxyl groups excluding tert-OH is 2. The summed E-state index contributed by atoms with van der Waals surface area (Å²) in [6.45, 7) is 1.60. The fraction of sp³-hybridized carbons (Fsp3) is 0.353. The normalized spacial score (nSPS) is 21.0. The second kappa shape index (κ2) is 6.14. The van der Waals surface area contributed by atoms with Crippen molar-refractivity contribution < 1.29 is 23.8 Å². The van der Waals surface area contributed by atoms with E-state index < -0.39 is 12.1 Å². The van der Waals surface area contributed by atoms with Crippen LogP contribution in [-0.2, 0) is 6.61 Å². The SMILES string of the molecule is Cc1cc(CO)oc1C(=O)N1CC(O)CC1c1cccc(F)c1. The van der Waals surface area contributed by atoms with Crippen LogP contribution in [0.5, 0.6) is 0 Å². The third-order valence-electron chi connectivity index (χ3n) is 4.09. The Hall–Kier alpha value is -2.18. The van der Waals surface area contributed by atoms with Crippen molar-refractivity contribution in [3.05, 3.63) is 58.8 Å². The number of halogens is 1. The molecule has 1 fully saturated rings. The number of amides is 1. The Morgan fingerprint density at radius 2 is 2.22 bits per heavy atom. The molecule has 2 unspecified atom stereocenters. The van der Waals surface area contributed by atoms with Crippen molar-refractivity contribution in [1.29, 1.82) is 0 Å². The summed E-state index contributed by atoms with van der Waals surface area (Å²) in [6, 6.07) is 7.23. The molecule has 2 aromatic rings. The number of benzene rings is 1. The summed E-state index contributed by atoms with van der Waals surface area (Å²) in [5.41, 5.74) is 1.26. The van der Waals surface area contributed by atoms with Crippen LogP contribution < -0.4 is 0 Å². The molecule has 3 rings (SSSR count). The van der Waals surface area contributed by atoms with Gasteiger partial charge in [0.15, 0.2) is 5.76 Å². The minimum atomic E-state index is -0.667. The van der Waals surface area contributed by atoms with Crippen molar-refractivity contribution in [1.82, 2.24) is 4.90 Å². The van der Waals surface area contributed by atoms with E-state index in [0.29, 0.717) is 23.3 Å². The minimum Gasteiger partial charge on any atom is -0.453 e. The Kier molecular flexibility index (Phi) is 4.19. The van der Waals surface area contributed by atoms with Gasteiger partial charge in [0.25, 0.3) is 5.91 Å². The summed E-state index contributed by atoms with van der Waals surface area (Å²) in [7, 11) is 0. The Morgan fingerprint density at radius 1 is 1.43 bits per heavy atom. The third kappa shape index (κ3) is 3.00. The first-order valence-corrected chi connectivity index (χ1v) is 7.44. The Bertz CT molecular complexity index is 727. The van der Waals surface area contributed by atoms with E-state index in [4.69, 9.17) is 9.52 Å². The number of rotatable bonds is 3. The van der Waals surface area contributed by atoms with Gasteiger partial charge in [0.2, 0.25) is 0 Å². The van der Waals surface area contributed by atoms with Crippen molar-refractivity contribution in [2.45, 2.75) is 32.1 Å². The number of hydrogen-bond acceptors (Lipinski definition) is 4. The molecule has 1 amide bonds. The number of nitrogens with zero attached hydrogens (tertiary/aromatic N) is 1. The van der Waals surface area contributed by atoms with Gasteiger partial charge in [-0.3, -0.25) is 4.79 Å². The standard InChI is InChI=1S/C17H18FNO4/c1-10-5-14(9-20)23-16(10)17(22)19-8-13(21)7-15(19)11-3-2-4-12(18)6-11/h2-6,13,15,20-21H,7-9H2,1H3. The van der Waals surface area contributed by atoms with E-state index in [-0.39, 0.29) is 30.6 Å². The number of hydrogen-bond donors (Lipinski definition) is 2. The molecule has 1 aliphatic heterocycles. The van der Waals surface area contributed by atoms with Crippen LogP contribution in [0.3, 0.4) is 0 Å². The molecule has 1 aromatic carbocycles. The number of β-amino-alcohol motifs (C(OH)–C–C–N with tert-alkyl or cyclic N) is 1. The smallest absolute Gasteiger partial charge is 0.290 e. The van der Waals surface area contributed by atoms with Crippen molar-refractivity contribution in [3.8, 4) is 0 Å². The maximum Gasteiger partial charge on any atom is 0.290 e. The van der Waals surface area contributed by atoms with Crippen molar-refractivity contribution in [3.63, 3.8) is 0 Å². The molecular formula is C17H18FNO4. The summed E-state index contributed by atoms with van der Waals surface area (Å²) in [5.74, 6) is -0.293. The molecule has 5 nitrogen and oxygen atoms in total. The van der Waals surface area contributed by atoms with Gasteiger partial charge in [-0.2, -0.15) is 0 Å². The Labute approximate surface area is 133 Å². The first-order chi connectivity index (χ1) is 11.0. The summed E-state index contributed by atoms with van der Waals surface area (Å²) < 4.78 is 18.9. The average molecular weight is 319 g/mol. The summed E-state index contributed by atoms with van der Waals surface area (Å²) >= 11 is 0. The number of furan rings is 1. The van der Waals surface area contributed by atoms with E-state index in [1.165, 1.54) is 17.0 Å². The lowest BCUT2D eigenvalue weighted by molar-refractivity contribution is 0.0678. The molecule has 0 radical (unpaired) electrons. The molecule has 23 heavy (non-hydrogen) atoms. The van der Waals surface area contributed by atoms with E-state index in [9.17, 15) is 14.3 Å². The summed E-state index contributed by atoms with van der Waals surface area (Å²) in [4.78, 5) is 14.2. The largest absolute Gasteiger partial charge is 0.453 e. The van der Waals surface area contributed by atoms with Crippen molar-refractivity contribution in [2.24, 2.45) is 0 Å². The molecule has 1 aliphatic rings. The van der Waals surface area contributed by atoms with Crippen molar-refractivity contribution in [2.75, 3.05) is 6.54 Å². The van der Waals surface area contributed by atoms with Crippen molar-refractivity contribution >= 4 is 5.91 Å². The maximum atomic E-state index is 13.5. The highest BCUT2D eigenvalue weighted by atomic mass is 19.1. The number of aryl methyl sites for hydroxylation is 1. The number of aliphatic hydroxyl groups is 2. The molecule has 2 atom stereocenters. The van der Waals surface area contributed by atoms with E-state index in [2.05, 4.69) is 0 Å². The molecule has 0 spiro atoms. The molecule has 0 saturated carbocycles. The van der Waals surface area contributed by atoms with Crippen LogP contribution >= 0.6 is 0 Å². The van der Waals surface area contributed by atoms with E-state index in [0.717, 1.165) is 0 Å². The second-order valence-corrected chi connectivity index (χ2v) is 5.80. The average Bonchev–Trinajstić information content (AvgIpc) is 3.09. The van der Waals surface area contributed by atoms with Crippen LogP contribution in [0.25, 0.3) is 0 Å². The Morgan fingerprint density at radius 3 is 2.87 bits per heavy atom. The van der Waals surface area contributed by atoms with Gasteiger partial charge in [-0.05, 0) is 37.1 Å². The molecule has 0 aliphatic carbocycles. The van der Waals surface area contributed by atoms with Gasteiger partial charge >= 0.3 is 0 Å². The fourth-order valence-corrected chi connectivity index (χ4v) is 3.04. The van der Waals surface area contributed by atoms with Gasteiger partial charge < -0.3 is 19.5 Å². The molecule has 2 N–H and O–H groups in total. The van der Waals surface area contributed by atoms with Gasteiger partial charge in [-0.1, -0.05) is 12.1 Å².